The van der Waals surface area contributed by atoms with Crippen LogP contribution in [0.3, 0.4) is 0 Å². The molecular weight excluding hydrogens is 341 g/mol. The Morgan fingerprint density at radius 1 is 1.35 bits per heavy atom. The zero-order chi connectivity index (χ0) is 14.8. The molecule has 1 heterocycles. The Hall–Kier alpha value is -1.83. The standard InChI is InChI=1S/C12H8BrF3N2O2/c13-7-1-2-10(9(5-7)12(14,15)16)17-11(19)6-8-3-4-20-18-8/h1-5H,6H2,(H,17,19). The molecule has 0 aliphatic carbocycles. The van der Waals surface area contributed by atoms with Crippen molar-refractivity contribution in [3.63, 3.8) is 0 Å². The number of nitrogens with zero attached hydrogens (tertiary/aromatic N) is 1. The van der Waals surface area contributed by atoms with E-state index in [0.717, 1.165) is 6.07 Å². The molecule has 1 N–H and O–H groups in total. The third-order valence-corrected chi connectivity index (χ3v) is 2.89. The molecule has 4 nitrogen and oxygen atoms in total. The molecule has 0 saturated heterocycles. The average molecular weight is 349 g/mol. The lowest BCUT2D eigenvalue weighted by atomic mass is 10.1. The summed E-state index contributed by atoms with van der Waals surface area (Å²) in [6.07, 6.45) is -3.44. The summed E-state index contributed by atoms with van der Waals surface area (Å²) in [7, 11) is 0. The summed E-state index contributed by atoms with van der Waals surface area (Å²) in [5.74, 6) is -0.605. The molecule has 1 aromatic heterocycles. The third kappa shape index (κ3) is 3.60. The molecular formula is C12H8BrF3N2O2. The maximum absolute atomic E-state index is 12.9. The van der Waals surface area contributed by atoms with Gasteiger partial charge in [0, 0.05) is 10.5 Å². The van der Waals surface area contributed by atoms with E-state index >= 15 is 0 Å². The highest BCUT2D eigenvalue weighted by molar-refractivity contribution is 9.10. The number of hydrogen-bond donors (Lipinski definition) is 1. The van der Waals surface area contributed by atoms with E-state index in [0.29, 0.717) is 5.69 Å². The van der Waals surface area contributed by atoms with Crippen molar-refractivity contribution in [1.82, 2.24) is 5.16 Å². The Balaban J connectivity index is 2.19. The number of benzene rings is 1. The van der Waals surface area contributed by atoms with E-state index < -0.39 is 17.6 Å². The van der Waals surface area contributed by atoms with Crippen molar-refractivity contribution in [2.45, 2.75) is 12.6 Å². The zero-order valence-corrected chi connectivity index (χ0v) is 11.5. The van der Waals surface area contributed by atoms with Crippen LogP contribution in [0.25, 0.3) is 0 Å². The van der Waals surface area contributed by atoms with Crippen molar-refractivity contribution in [2.75, 3.05) is 5.32 Å². The van der Waals surface area contributed by atoms with Crippen molar-refractivity contribution < 1.29 is 22.5 Å². The molecule has 0 aliphatic rings. The second-order valence-corrected chi connectivity index (χ2v) is 4.82. The predicted octanol–water partition coefficient (Wildman–Crippen LogP) is 3.64. The van der Waals surface area contributed by atoms with Crippen LogP contribution in [0.2, 0.25) is 0 Å². The van der Waals surface area contributed by atoms with Crippen LogP contribution in [0.15, 0.2) is 39.5 Å². The van der Waals surface area contributed by atoms with Gasteiger partial charge in [0.15, 0.2) is 0 Å². The summed E-state index contributed by atoms with van der Waals surface area (Å²) in [4.78, 5) is 11.7. The highest BCUT2D eigenvalue weighted by atomic mass is 79.9. The van der Waals surface area contributed by atoms with Crippen LogP contribution in [0, 0.1) is 0 Å². The van der Waals surface area contributed by atoms with E-state index in [1.54, 1.807) is 0 Å². The van der Waals surface area contributed by atoms with Crippen LogP contribution in [-0.2, 0) is 17.4 Å². The predicted molar refractivity (Wildman–Crippen MR) is 68.0 cm³/mol. The maximum atomic E-state index is 12.9. The first kappa shape index (κ1) is 14.6. The normalized spacial score (nSPS) is 11.4. The molecule has 1 aromatic carbocycles. The number of hydrogen-bond acceptors (Lipinski definition) is 3. The number of rotatable bonds is 3. The number of carbonyl (C=O) groups excluding carboxylic acids is 1. The zero-order valence-electron chi connectivity index (χ0n) is 9.87. The highest BCUT2D eigenvalue weighted by Crippen LogP contribution is 2.36. The fourth-order valence-electron chi connectivity index (χ4n) is 1.55. The summed E-state index contributed by atoms with van der Waals surface area (Å²) in [5, 5.41) is 5.74. The molecule has 2 rings (SSSR count). The number of alkyl halides is 3. The van der Waals surface area contributed by atoms with Crippen molar-refractivity contribution in [3.05, 3.63) is 46.3 Å². The van der Waals surface area contributed by atoms with Crippen LogP contribution in [0.1, 0.15) is 11.3 Å². The van der Waals surface area contributed by atoms with Crippen LogP contribution in [-0.4, -0.2) is 11.1 Å². The monoisotopic (exact) mass is 348 g/mol. The molecule has 0 atom stereocenters. The van der Waals surface area contributed by atoms with Gasteiger partial charge in [-0.05, 0) is 18.2 Å². The number of aromatic nitrogens is 1. The van der Waals surface area contributed by atoms with Gasteiger partial charge in [-0.2, -0.15) is 13.2 Å². The molecule has 0 saturated carbocycles. The molecule has 0 radical (unpaired) electrons. The number of anilines is 1. The SMILES string of the molecule is O=C(Cc1ccon1)Nc1ccc(Br)cc1C(F)(F)F. The first-order valence-electron chi connectivity index (χ1n) is 5.42. The Kier molecular flexibility index (Phi) is 4.12. The molecule has 20 heavy (non-hydrogen) atoms. The van der Waals surface area contributed by atoms with Gasteiger partial charge < -0.3 is 9.84 Å². The maximum Gasteiger partial charge on any atom is 0.418 e. The lowest BCUT2D eigenvalue weighted by molar-refractivity contribution is -0.137. The van der Waals surface area contributed by atoms with Crippen LogP contribution >= 0.6 is 15.9 Å². The van der Waals surface area contributed by atoms with Gasteiger partial charge >= 0.3 is 6.18 Å². The van der Waals surface area contributed by atoms with E-state index in [9.17, 15) is 18.0 Å². The van der Waals surface area contributed by atoms with Crippen molar-refractivity contribution in [3.8, 4) is 0 Å². The molecule has 8 heteroatoms. The van der Waals surface area contributed by atoms with Crippen LogP contribution in [0.4, 0.5) is 18.9 Å². The summed E-state index contributed by atoms with van der Waals surface area (Å²) < 4.78 is 43.4. The van der Waals surface area contributed by atoms with Gasteiger partial charge in [0.25, 0.3) is 0 Å². The van der Waals surface area contributed by atoms with Gasteiger partial charge in [0.05, 0.1) is 23.4 Å². The van der Waals surface area contributed by atoms with E-state index in [2.05, 4.69) is 30.9 Å². The Morgan fingerprint density at radius 3 is 2.70 bits per heavy atom. The van der Waals surface area contributed by atoms with Crippen molar-refractivity contribution in [1.29, 1.82) is 0 Å². The second kappa shape index (κ2) is 5.66. The largest absolute Gasteiger partial charge is 0.418 e. The van der Waals surface area contributed by atoms with Gasteiger partial charge in [0.1, 0.15) is 6.26 Å². The smallest absolute Gasteiger partial charge is 0.364 e. The quantitative estimate of drug-likeness (QED) is 0.921. The number of nitrogens with one attached hydrogen (secondary N) is 1. The molecule has 0 fully saturated rings. The first-order valence-corrected chi connectivity index (χ1v) is 6.21. The van der Waals surface area contributed by atoms with E-state index in [4.69, 9.17) is 0 Å². The second-order valence-electron chi connectivity index (χ2n) is 3.90. The molecule has 1 amide bonds. The highest BCUT2D eigenvalue weighted by Gasteiger charge is 2.34. The molecule has 106 valence electrons. The van der Waals surface area contributed by atoms with Crippen molar-refractivity contribution >= 4 is 27.5 Å². The summed E-state index contributed by atoms with van der Waals surface area (Å²) in [5.41, 5.74) is -0.872. The fraction of sp³-hybridized carbons (Fsp3) is 0.167. The van der Waals surface area contributed by atoms with Gasteiger partial charge in [-0.1, -0.05) is 21.1 Å². The average Bonchev–Trinajstić information content (AvgIpc) is 2.82. The molecule has 2 aromatic rings. The number of carbonyl (C=O) groups is 1. The number of halogens is 4. The minimum Gasteiger partial charge on any atom is -0.364 e. The summed E-state index contributed by atoms with van der Waals surface area (Å²) in [6, 6.07) is 4.98. The minimum absolute atomic E-state index is 0.163. The third-order valence-electron chi connectivity index (χ3n) is 2.39. The van der Waals surface area contributed by atoms with Gasteiger partial charge in [0.2, 0.25) is 5.91 Å². The summed E-state index contributed by atoms with van der Waals surface area (Å²) >= 11 is 2.97. The molecule has 0 unspecified atom stereocenters. The molecule has 0 spiro atoms. The summed E-state index contributed by atoms with van der Waals surface area (Å²) in [6.45, 7) is 0. The van der Waals surface area contributed by atoms with E-state index in [-0.39, 0.29) is 16.6 Å². The van der Waals surface area contributed by atoms with Crippen LogP contribution in [0.5, 0.6) is 0 Å². The van der Waals surface area contributed by atoms with Crippen LogP contribution < -0.4 is 5.32 Å². The fourth-order valence-corrected chi connectivity index (χ4v) is 1.91. The van der Waals surface area contributed by atoms with Crippen molar-refractivity contribution in [2.24, 2.45) is 0 Å². The Labute approximate surface area is 120 Å². The van der Waals surface area contributed by atoms with Gasteiger partial charge in [-0.15, -0.1) is 0 Å². The van der Waals surface area contributed by atoms with E-state index in [1.165, 1.54) is 24.5 Å². The first-order chi connectivity index (χ1) is 9.36. The topological polar surface area (TPSA) is 55.1 Å². The Morgan fingerprint density at radius 2 is 2.10 bits per heavy atom. The Bertz CT molecular complexity index is 612. The van der Waals surface area contributed by atoms with E-state index in [1.807, 2.05) is 0 Å². The molecule has 0 aliphatic heterocycles. The number of amides is 1. The lowest BCUT2D eigenvalue weighted by Crippen LogP contribution is -2.18. The minimum atomic E-state index is -4.56. The lowest BCUT2D eigenvalue weighted by Gasteiger charge is -2.13. The van der Waals surface area contributed by atoms with Gasteiger partial charge in [-0.25, -0.2) is 0 Å². The molecule has 0 bridgehead atoms. The van der Waals surface area contributed by atoms with Gasteiger partial charge in [-0.3, -0.25) is 4.79 Å².